The molecule has 0 aliphatic carbocycles. The van der Waals surface area contributed by atoms with Gasteiger partial charge in [0, 0.05) is 37.8 Å². The standard InChI is InChI=1S/C12H14N4O4/c1-13-10-3-2-8(16(19)20)5-9(10)12(18)15-7-4-11(17)14-6-7/h2-3,5,7,13H,4,6H2,1H3,(H,14,17)(H,15,18). The van der Waals surface area contributed by atoms with E-state index >= 15 is 0 Å². The highest BCUT2D eigenvalue weighted by Gasteiger charge is 2.25. The van der Waals surface area contributed by atoms with Crippen LogP contribution in [0.15, 0.2) is 18.2 Å². The molecule has 1 aliphatic rings. The number of anilines is 1. The van der Waals surface area contributed by atoms with Crippen LogP contribution < -0.4 is 16.0 Å². The van der Waals surface area contributed by atoms with Crippen LogP contribution in [0.5, 0.6) is 0 Å². The fraction of sp³-hybridized carbons (Fsp3) is 0.333. The summed E-state index contributed by atoms with van der Waals surface area (Å²) >= 11 is 0. The van der Waals surface area contributed by atoms with Gasteiger partial charge >= 0.3 is 0 Å². The molecular formula is C12H14N4O4. The third kappa shape index (κ3) is 2.85. The Labute approximate surface area is 114 Å². The highest BCUT2D eigenvalue weighted by molar-refractivity contribution is 6.00. The van der Waals surface area contributed by atoms with E-state index in [9.17, 15) is 19.7 Å². The summed E-state index contributed by atoms with van der Waals surface area (Å²) in [5.74, 6) is -0.567. The van der Waals surface area contributed by atoms with E-state index in [0.717, 1.165) is 0 Å². The smallest absolute Gasteiger partial charge is 0.270 e. The molecule has 3 N–H and O–H groups in total. The maximum atomic E-state index is 12.1. The van der Waals surface area contributed by atoms with Gasteiger partial charge in [-0.2, -0.15) is 0 Å². The second-order valence-electron chi connectivity index (χ2n) is 4.42. The maximum Gasteiger partial charge on any atom is 0.270 e. The molecule has 8 nitrogen and oxygen atoms in total. The number of carbonyl (C=O) groups excluding carboxylic acids is 2. The van der Waals surface area contributed by atoms with Gasteiger partial charge < -0.3 is 16.0 Å². The molecule has 0 spiro atoms. The zero-order chi connectivity index (χ0) is 14.7. The molecule has 106 valence electrons. The van der Waals surface area contributed by atoms with Crippen LogP contribution in [-0.2, 0) is 4.79 Å². The molecule has 1 heterocycles. The second kappa shape index (κ2) is 5.55. The number of nitro groups is 1. The molecule has 0 saturated carbocycles. The number of carbonyl (C=O) groups is 2. The molecule has 1 aromatic carbocycles. The Balaban J connectivity index is 2.21. The van der Waals surface area contributed by atoms with E-state index in [1.54, 1.807) is 7.05 Å². The van der Waals surface area contributed by atoms with Crippen LogP contribution in [0, 0.1) is 10.1 Å². The zero-order valence-corrected chi connectivity index (χ0v) is 10.8. The van der Waals surface area contributed by atoms with Crippen LogP contribution in [0.1, 0.15) is 16.8 Å². The lowest BCUT2D eigenvalue weighted by Crippen LogP contribution is -2.36. The van der Waals surface area contributed by atoms with Crippen molar-refractivity contribution in [2.75, 3.05) is 18.9 Å². The second-order valence-corrected chi connectivity index (χ2v) is 4.42. The van der Waals surface area contributed by atoms with Crippen molar-refractivity contribution in [2.24, 2.45) is 0 Å². The average molecular weight is 278 g/mol. The number of amides is 2. The Morgan fingerprint density at radius 2 is 2.25 bits per heavy atom. The summed E-state index contributed by atoms with van der Waals surface area (Å²) in [6.45, 7) is 0.369. The zero-order valence-electron chi connectivity index (χ0n) is 10.8. The topological polar surface area (TPSA) is 113 Å². The largest absolute Gasteiger partial charge is 0.387 e. The van der Waals surface area contributed by atoms with E-state index in [2.05, 4.69) is 16.0 Å². The Morgan fingerprint density at radius 1 is 1.50 bits per heavy atom. The molecule has 8 heteroatoms. The highest BCUT2D eigenvalue weighted by Crippen LogP contribution is 2.22. The molecule has 1 aliphatic heterocycles. The van der Waals surface area contributed by atoms with E-state index in [1.165, 1.54) is 18.2 Å². The minimum Gasteiger partial charge on any atom is -0.387 e. The molecule has 0 bridgehead atoms. The lowest BCUT2D eigenvalue weighted by atomic mass is 10.1. The monoisotopic (exact) mass is 278 g/mol. The number of nitrogens with one attached hydrogen (secondary N) is 3. The summed E-state index contributed by atoms with van der Waals surface area (Å²) in [6.07, 6.45) is 0.218. The summed E-state index contributed by atoms with van der Waals surface area (Å²) < 4.78 is 0. The molecule has 1 atom stereocenters. The van der Waals surface area contributed by atoms with Gasteiger partial charge in [-0.3, -0.25) is 19.7 Å². The number of hydrogen-bond acceptors (Lipinski definition) is 5. The van der Waals surface area contributed by atoms with Crippen molar-refractivity contribution in [1.82, 2.24) is 10.6 Å². The maximum absolute atomic E-state index is 12.1. The van der Waals surface area contributed by atoms with Crippen LogP contribution in [0.2, 0.25) is 0 Å². The summed E-state index contributed by atoms with van der Waals surface area (Å²) in [4.78, 5) is 33.4. The van der Waals surface area contributed by atoms with Gasteiger partial charge in [-0.1, -0.05) is 0 Å². The van der Waals surface area contributed by atoms with E-state index < -0.39 is 10.8 Å². The van der Waals surface area contributed by atoms with Gasteiger partial charge in [-0.25, -0.2) is 0 Å². The Morgan fingerprint density at radius 3 is 2.80 bits per heavy atom. The fourth-order valence-corrected chi connectivity index (χ4v) is 2.02. The number of rotatable bonds is 4. The summed E-state index contributed by atoms with van der Waals surface area (Å²) in [5.41, 5.74) is 0.515. The molecule has 1 unspecified atom stereocenters. The van der Waals surface area contributed by atoms with E-state index in [1.807, 2.05) is 0 Å². The first-order chi connectivity index (χ1) is 9.51. The Kier molecular flexibility index (Phi) is 3.83. The molecule has 0 radical (unpaired) electrons. The predicted molar refractivity (Wildman–Crippen MR) is 71.5 cm³/mol. The number of non-ortho nitro benzene ring substituents is 1. The molecule has 20 heavy (non-hydrogen) atoms. The third-order valence-electron chi connectivity index (χ3n) is 3.04. The van der Waals surface area contributed by atoms with E-state index in [-0.39, 0.29) is 29.6 Å². The van der Waals surface area contributed by atoms with E-state index in [0.29, 0.717) is 12.2 Å². The van der Waals surface area contributed by atoms with Crippen molar-refractivity contribution >= 4 is 23.2 Å². The molecule has 2 amide bonds. The molecule has 0 aromatic heterocycles. The number of nitro benzene ring substituents is 1. The summed E-state index contributed by atoms with van der Waals surface area (Å²) in [6, 6.07) is 3.72. The van der Waals surface area contributed by atoms with E-state index in [4.69, 9.17) is 0 Å². The lowest BCUT2D eigenvalue weighted by Gasteiger charge is -2.13. The first kappa shape index (κ1) is 13.8. The van der Waals surface area contributed by atoms with Gasteiger partial charge in [0.15, 0.2) is 0 Å². The molecule has 1 aromatic rings. The minimum absolute atomic E-state index is 0.122. The summed E-state index contributed by atoms with van der Waals surface area (Å²) in [5, 5.41) is 18.9. The fourth-order valence-electron chi connectivity index (χ4n) is 2.02. The minimum atomic E-state index is -0.559. The normalized spacial score (nSPS) is 17.4. The Bertz CT molecular complexity index is 573. The van der Waals surface area contributed by atoms with Crippen molar-refractivity contribution in [1.29, 1.82) is 0 Å². The number of hydrogen-bond donors (Lipinski definition) is 3. The molecule has 2 rings (SSSR count). The van der Waals surface area contributed by atoms with Crippen molar-refractivity contribution in [2.45, 2.75) is 12.5 Å². The van der Waals surface area contributed by atoms with Crippen LogP contribution in [0.25, 0.3) is 0 Å². The van der Waals surface area contributed by atoms with Crippen molar-refractivity contribution in [3.8, 4) is 0 Å². The van der Waals surface area contributed by atoms with Crippen LogP contribution >= 0.6 is 0 Å². The number of nitrogens with zero attached hydrogens (tertiary/aromatic N) is 1. The van der Waals surface area contributed by atoms with Crippen LogP contribution in [-0.4, -0.2) is 36.4 Å². The SMILES string of the molecule is CNc1ccc([N+](=O)[O-])cc1C(=O)NC1CNC(=O)C1. The van der Waals surface area contributed by atoms with Crippen LogP contribution in [0.3, 0.4) is 0 Å². The first-order valence-electron chi connectivity index (χ1n) is 6.05. The van der Waals surface area contributed by atoms with Crippen LogP contribution in [0.4, 0.5) is 11.4 Å². The first-order valence-corrected chi connectivity index (χ1v) is 6.05. The number of benzene rings is 1. The summed E-state index contributed by atoms with van der Waals surface area (Å²) in [7, 11) is 1.62. The van der Waals surface area contributed by atoms with Crippen molar-refractivity contribution in [3.63, 3.8) is 0 Å². The molecule has 1 fully saturated rings. The molecule has 1 saturated heterocycles. The highest BCUT2D eigenvalue weighted by atomic mass is 16.6. The quantitative estimate of drug-likeness (QED) is 0.540. The van der Waals surface area contributed by atoms with Crippen molar-refractivity contribution in [3.05, 3.63) is 33.9 Å². The van der Waals surface area contributed by atoms with Gasteiger partial charge in [0.2, 0.25) is 5.91 Å². The van der Waals surface area contributed by atoms with Gasteiger partial charge in [0.05, 0.1) is 16.5 Å². The third-order valence-corrected chi connectivity index (χ3v) is 3.04. The Hall–Kier alpha value is -2.64. The lowest BCUT2D eigenvalue weighted by molar-refractivity contribution is -0.384. The predicted octanol–water partition coefficient (Wildman–Crippen LogP) is 0.255. The van der Waals surface area contributed by atoms with Gasteiger partial charge in [-0.15, -0.1) is 0 Å². The van der Waals surface area contributed by atoms with Gasteiger partial charge in [-0.05, 0) is 6.07 Å². The van der Waals surface area contributed by atoms with Gasteiger partial charge in [0.25, 0.3) is 11.6 Å². The molecular weight excluding hydrogens is 264 g/mol. The van der Waals surface area contributed by atoms with Gasteiger partial charge in [0.1, 0.15) is 0 Å². The van der Waals surface area contributed by atoms with Crippen molar-refractivity contribution < 1.29 is 14.5 Å². The average Bonchev–Trinajstić information content (AvgIpc) is 2.83.